The summed E-state index contributed by atoms with van der Waals surface area (Å²) in [5, 5.41) is 0. The lowest BCUT2D eigenvalue weighted by atomic mass is 10.2. The van der Waals surface area contributed by atoms with Crippen molar-refractivity contribution in [3.8, 4) is 0 Å². The minimum Gasteiger partial charge on any atom is -0.466 e. The van der Waals surface area contributed by atoms with Gasteiger partial charge in [-0.05, 0) is 30.5 Å². The van der Waals surface area contributed by atoms with E-state index in [0.29, 0.717) is 11.4 Å². The second kappa shape index (κ2) is 5.62. The van der Waals surface area contributed by atoms with Gasteiger partial charge in [-0.15, -0.1) is 0 Å². The van der Waals surface area contributed by atoms with E-state index in [-0.39, 0.29) is 0 Å². The Kier molecular flexibility index (Phi) is 3.92. The van der Waals surface area contributed by atoms with Crippen molar-refractivity contribution in [3.05, 3.63) is 29.7 Å². The minimum absolute atomic E-state index is 0.463. The van der Waals surface area contributed by atoms with Crippen LogP contribution in [0.2, 0.25) is 0 Å². The van der Waals surface area contributed by atoms with Crippen LogP contribution in [0.25, 0.3) is 6.08 Å². The molecule has 0 bridgehead atoms. The lowest BCUT2D eigenvalue weighted by Crippen LogP contribution is -2.19. The summed E-state index contributed by atoms with van der Waals surface area (Å²) < 4.78 is 17.9. The molecule has 1 aromatic heterocycles. The smallest absolute Gasteiger partial charge is 0.330 e. The van der Waals surface area contributed by atoms with Gasteiger partial charge in [0.25, 0.3) is 0 Å². The summed E-state index contributed by atoms with van der Waals surface area (Å²) in [7, 11) is 1.30. The van der Waals surface area contributed by atoms with Crippen molar-refractivity contribution < 1.29 is 13.9 Å². The molecule has 96 valence electrons. The van der Waals surface area contributed by atoms with E-state index in [1.54, 1.807) is 6.07 Å². The number of rotatable bonds is 3. The first-order valence-corrected chi connectivity index (χ1v) is 5.87. The van der Waals surface area contributed by atoms with Crippen LogP contribution in [0.3, 0.4) is 0 Å². The lowest BCUT2D eigenvalue weighted by molar-refractivity contribution is -0.134. The number of carbonyl (C=O) groups excluding carboxylic acids is 1. The van der Waals surface area contributed by atoms with E-state index in [2.05, 4.69) is 9.72 Å². The Bertz CT molecular complexity index is 468. The molecule has 0 atom stereocenters. The van der Waals surface area contributed by atoms with Crippen molar-refractivity contribution in [1.29, 1.82) is 0 Å². The summed E-state index contributed by atoms with van der Waals surface area (Å²) in [6.07, 6.45) is 5.00. The number of halogens is 1. The number of hydrogen-bond donors (Lipinski definition) is 0. The average molecular weight is 250 g/mol. The Labute approximate surface area is 105 Å². The molecule has 0 amide bonds. The Morgan fingerprint density at radius 2 is 2.17 bits per heavy atom. The third-order valence-corrected chi connectivity index (χ3v) is 2.85. The number of methoxy groups -OCH3 is 1. The van der Waals surface area contributed by atoms with E-state index in [4.69, 9.17) is 0 Å². The van der Waals surface area contributed by atoms with Gasteiger partial charge in [0.2, 0.25) is 5.95 Å². The molecule has 1 aliphatic rings. The van der Waals surface area contributed by atoms with Crippen LogP contribution < -0.4 is 4.90 Å². The van der Waals surface area contributed by atoms with Gasteiger partial charge in [0.1, 0.15) is 5.82 Å². The summed E-state index contributed by atoms with van der Waals surface area (Å²) in [6.45, 7) is 1.80. The molecule has 5 heteroatoms. The summed E-state index contributed by atoms with van der Waals surface area (Å²) in [6, 6.07) is 3.06. The summed E-state index contributed by atoms with van der Waals surface area (Å²) in [4.78, 5) is 16.9. The third-order valence-electron chi connectivity index (χ3n) is 2.85. The van der Waals surface area contributed by atoms with Crippen LogP contribution in [0.5, 0.6) is 0 Å². The van der Waals surface area contributed by atoms with Gasteiger partial charge in [0, 0.05) is 25.2 Å². The van der Waals surface area contributed by atoms with E-state index in [1.807, 2.05) is 4.90 Å². The second-order valence-electron chi connectivity index (χ2n) is 4.13. The molecule has 1 fully saturated rings. The van der Waals surface area contributed by atoms with Gasteiger partial charge < -0.3 is 9.64 Å². The van der Waals surface area contributed by atoms with Crippen LogP contribution in [-0.4, -0.2) is 31.2 Å². The van der Waals surface area contributed by atoms with Gasteiger partial charge in [-0.3, -0.25) is 0 Å². The zero-order valence-corrected chi connectivity index (χ0v) is 10.2. The molecule has 0 aliphatic carbocycles. The number of nitrogens with zero attached hydrogens (tertiary/aromatic N) is 2. The summed E-state index contributed by atoms with van der Waals surface area (Å²) >= 11 is 0. The first-order valence-electron chi connectivity index (χ1n) is 5.87. The Morgan fingerprint density at radius 1 is 1.44 bits per heavy atom. The molecule has 0 unspecified atom stereocenters. The fourth-order valence-corrected chi connectivity index (χ4v) is 1.94. The van der Waals surface area contributed by atoms with E-state index in [1.165, 1.54) is 25.3 Å². The highest BCUT2D eigenvalue weighted by Crippen LogP contribution is 2.20. The molecule has 0 saturated carbocycles. The topological polar surface area (TPSA) is 42.4 Å². The first kappa shape index (κ1) is 12.5. The molecule has 0 radical (unpaired) electrons. The molecular formula is C13H15FN2O2. The van der Waals surface area contributed by atoms with Gasteiger partial charge in [-0.25, -0.2) is 9.78 Å². The molecule has 1 aromatic rings. The number of aromatic nitrogens is 1. The Hall–Kier alpha value is -1.91. The third kappa shape index (κ3) is 3.06. The van der Waals surface area contributed by atoms with Crippen LogP contribution in [0.1, 0.15) is 18.4 Å². The number of anilines is 1. The quantitative estimate of drug-likeness (QED) is 0.467. The molecule has 18 heavy (non-hydrogen) atoms. The molecular weight excluding hydrogens is 235 g/mol. The van der Waals surface area contributed by atoms with E-state index >= 15 is 0 Å². The molecule has 1 aliphatic heterocycles. The van der Waals surface area contributed by atoms with E-state index in [9.17, 15) is 9.18 Å². The molecule has 2 heterocycles. The maximum Gasteiger partial charge on any atom is 0.330 e. The number of hydrogen-bond acceptors (Lipinski definition) is 4. The van der Waals surface area contributed by atoms with Crippen LogP contribution in [0, 0.1) is 5.95 Å². The van der Waals surface area contributed by atoms with Gasteiger partial charge in [0.05, 0.1) is 7.11 Å². The maximum atomic E-state index is 13.4. The SMILES string of the molecule is COC(=O)/C=C/c1cc(F)nc(N2CCCC2)c1. The first-order chi connectivity index (χ1) is 8.69. The fourth-order valence-electron chi connectivity index (χ4n) is 1.94. The largest absolute Gasteiger partial charge is 0.466 e. The van der Waals surface area contributed by atoms with Gasteiger partial charge in [-0.1, -0.05) is 0 Å². The molecule has 0 aromatic carbocycles. The molecule has 1 saturated heterocycles. The molecule has 0 N–H and O–H groups in total. The van der Waals surface area contributed by atoms with Crippen molar-refractivity contribution in [2.45, 2.75) is 12.8 Å². The van der Waals surface area contributed by atoms with Gasteiger partial charge >= 0.3 is 5.97 Å². The predicted octanol–water partition coefficient (Wildman–Crippen LogP) is 2.01. The summed E-state index contributed by atoms with van der Waals surface area (Å²) in [5.74, 6) is -0.379. The molecule has 4 nitrogen and oxygen atoms in total. The summed E-state index contributed by atoms with van der Waals surface area (Å²) in [5.41, 5.74) is 0.606. The Morgan fingerprint density at radius 3 is 2.83 bits per heavy atom. The van der Waals surface area contributed by atoms with Gasteiger partial charge in [-0.2, -0.15) is 4.39 Å². The fraction of sp³-hybridized carbons (Fsp3) is 0.385. The normalized spacial score (nSPS) is 15.3. The van der Waals surface area contributed by atoms with E-state index in [0.717, 1.165) is 25.9 Å². The van der Waals surface area contributed by atoms with Crippen molar-refractivity contribution in [1.82, 2.24) is 4.98 Å². The van der Waals surface area contributed by atoms with Crippen molar-refractivity contribution in [2.24, 2.45) is 0 Å². The van der Waals surface area contributed by atoms with Crippen molar-refractivity contribution in [3.63, 3.8) is 0 Å². The van der Waals surface area contributed by atoms with Crippen molar-refractivity contribution in [2.75, 3.05) is 25.1 Å². The number of pyridine rings is 1. The lowest BCUT2D eigenvalue weighted by Gasteiger charge is -2.16. The zero-order chi connectivity index (χ0) is 13.0. The van der Waals surface area contributed by atoms with Crippen molar-refractivity contribution >= 4 is 17.9 Å². The number of ether oxygens (including phenoxy) is 1. The number of carbonyl (C=O) groups is 1. The number of esters is 1. The highest BCUT2D eigenvalue weighted by molar-refractivity contribution is 5.87. The van der Waals surface area contributed by atoms with E-state index < -0.39 is 11.9 Å². The van der Waals surface area contributed by atoms with Gasteiger partial charge in [0.15, 0.2) is 0 Å². The van der Waals surface area contributed by atoms with Crippen LogP contribution in [0.4, 0.5) is 10.2 Å². The average Bonchev–Trinajstić information content (AvgIpc) is 2.89. The highest BCUT2D eigenvalue weighted by Gasteiger charge is 2.14. The zero-order valence-electron chi connectivity index (χ0n) is 10.2. The highest BCUT2D eigenvalue weighted by atomic mass is 19.1. The molecule has 0 spiro atoms. The second-order valence-corrected chi connectivity index (χ2v) is 4.13. The predicted molar refractivity (Wildman–Crippen MR) is 66.7 cm³/mol. The standard InChI is InChI=1S/C13H15FN2O2/c1-18-13(17)5-4-10-8-11(14)15-12(9-10)16-6-2-3-7-16/h4-5,8-9H,2-3,6-7H2,1H3/b5-4+. The van der Waals surface area contributed by atoms with Crippen LogP contribution in [-0.2, 0) is 9.53 Å². The van der Waals surface area contributed by atoms with Crippen LogP contribution in [0.15, 0.2) is 18.2 Å². The maximum absolute atomic E-state index is 13.4. The Balaban J connectivity index is 2.20. The van der Waals surface area contributed by atoms with Crippen LogP contribution >= 0.6 is 0 Å². The molecule has 2 rings (SSSR count). The monoisotopic (exact) mass is 250 g/mol. The minimum atomic E-state index is -0.538.